The lowest BCUT2D eigenvalue weighted by Crippen LogP contribution is -2.24. The fourth-order valence-corrected chi connectivity index (χ4v) is 2.61. The Morgan fingerprint density at radius 3 is 2.87 bits per heavy atom. The van der Waals surface area contributed by atoms with Gasteiger partial charge in [-0.2, -0.15) is 0 Å². The number of hydrogen-bond donors (Lipinski definition) is 3. The van der Waals surface area contributed by atoms with Gasteiger partial charge >= 0.3 is 0 Å². The van der Waals surface area contributed by atoms with Gasteiger partial charge in [0, 0.05) is 37.9 Å². The van der Waals surface area contributed by atoms with Gasteiger partial charge in [0.1, 0.15) is 17.2 Å². The summed E-state index contributed by atoms with van der Waals surface area (Å²) in [5.74, 6) is 1.31. The summed E-state index contributed by atoms with van der Waals surface area (Å²) in [6.07, 6.45) is 5.98. The molecule has 1 fully saturated rings. The van der Waals surface area contributed by atoms with E-state index in [1.54, 1.807) is 12.4 Å². The number of amidine groups is 1. The topological polar surface area (TPSA) is 103 Å². The second-order valence-corrected chi connectivity index (χ2v) is 6.85. The van der Waals surface area contributed by atoms with Crippen molar-refractivity contribution in [3.8, 4) is 0 Å². The van der Waals surface area contributed by atoms with Crippen molar-refractivity contribution in [2.75, 3.05) is 31.1 Å². The first-order chi connectivity index (χ1) is 11.0. The molecule has 0 bridgehead atoms. The van der Waals surface area contributed by atoms with Gasteiger partial charge in [0.05, 0.1) is 11.8 Å². The van der Waals surface area contributed by atoms with Gasteiger partial charge in [-0.05, 0) is 12.8 Å². The molecule has 1 saturated heterocycles. The molecule has 0 amide bonds. The summed E-state index contributed by atoms with van der Waals surface area (Å²) in [6, 6.07) is 0. The van der Waals surface area contributed by atoms with Crippen LogP contribution in [0.2, 0.25) is 0 Å². The molecule has 7 nitrogen and oxygen atoms in total. The molecule has 4 N–H and O–H groups in total. The SMILES string of the molecule is CC(C)(CO)CN=C(N)c1c[nH]c2ncc(N3CCCC3)nc12. The predicted molar refractivity (Wildman–Crippen MR) is 91.8 cm³/mol. The number of nitrogens with two attached hydrogens (primary N) is 1. The maximum Gasteiger partial charge on any atom is 0.156 e. The second kappa shape index (κ2) is 6.16. The number of aromatic amines is 1. The van der Waals surface area contributed by atoms with Crippen LogP contribution in [-0.4, -0.2) is 52.1 Å². The van der Waals surface area contributed by atoms with E-state index in [9.17, 15) is 5.11 Å². The van der Waals surface area contributed by atoms with Crippen molar-refractivity contribution >= 4 is 22.8 Å². The summed E-state index contributed by atoms with van der Waals surface area (Å²) < 4.78 is 0. The minimum atomic E-state index is -0.289. The highest BCUT2D eigenvalue weighted by molar-refractivity contribution is 6.06. The zero-order valence-electron chi connectivity index (χ0n) is 13.7. The number of fused-ring (bicyclic) bond motifs is 1. The van der Waals surface area contributed by atoms with Crippen LogP contribution in [0.4, 0.5) is 5.82 Å². The van der Waals surface area contributed by atoms with E-state index in [-0.39, 0.29) is 12.0 Å². The molecule has 7 heteroatoms. The number of H-pyrrole nitrogens is 1. The molecule has 0 aliphatic carbocycles. The number of aliphatic imine (C=N–C) groups is 1. The van der Waals surface area contributed by atoms with Crippen LogP contribution in [0.1, 0.15) is 32.3 Å². The van der Waals surface area contributed by atoms with Crippen molar-refractivity contribution in [2.24, 2.45) is 16.1 Å². The van der Waals surface area contributed by atoms with Crippen LogP contribution in [-0.2, 0) is 0 Å². The number of rotatable bonds is 5. The third kappa shape index (κ3) is 3.29. The Kier molecular flexibility index (Phi) is 4.21. The van der Waals surface area contributed by atoms with E-state index in [1.165, 1.54) is 12.8 Å². The molecular formula is C16H24N6O. The summed E-state index contributed by atoms with van der Waals surface area (Å²) in [5.41, 5.74) is 8.07. The summed E-state index contributed by atoms with van der Waals surface area (Å²) in [6.45, 7) is 6.47. The maximum atomic E-state index is 9.32. The molecular weight excluding hydrogens is 292 g/mol. The van der Waals surface area contributed by atoms with Gasteiger partial charge in [-0.15, -0.1) is 0 Å². The smallest absolute Gasteiger partial charge is 0.156 e. The van der Waals surface area contributed by atoms with Crippen LogP contribution in [0, 0.1) is 5.41 Å². The minimum absolute atomic E-state index is 0.0660. The van der Waals surface area contributed by atoms with Crippen molar-refractivity contribution in [1.82, 2.24) is 15.0 Å². The molecule has 0 spiro atoms. The van der Waals surface area contributed by atoms with Crippen LogP contribution in [0.25, 0.3) is 11.2 Å². The fourth-order valence-electron chi connectivity index (χ4n) is 2.61. The van der Waals surface area contributed by atoms with Crippen molar-refractivity contribution in [2.45, 2.75) is 26.7 Å². The highest BCUT2D eigenvalue weighted by Gasteiger charge is 2.19. The van der Waals surface area contributed by atoms with Gasteiger partial charge in [0.15, 0.2) is 5.65 Å². The Hall–Kier alpha value is -2.15. The molecule has 3 heterocycles. The van der Waals surface area contributed by atoms with E-state index in [2.05, 4.69) is 19.9 Å². The van der Waals surface area contributed by atoms with Gasteiger partial charge in [0.25, 0.3) is 0 Å². The molecule has 0 atom stereocenters. The van der Waals surface area contributed by atoms with Gasteiger partial charge in [0.2, 0.25) is 0 Å². The van der Waals surface area contributed by atoms with Crippen molar-refractivity contribution in [3.63, 3.8) is 0 Å². The van der Waals surface area contributed by atoms with E-state index in [0.717, 1.165) is 30.0 Å². The minimum Gasteiger partial charge on any atom is -0.396 e. The zero-order chi connectivity index (χ0) is 16.4. The standard InChI is InChI=1S/C16H24N6O/c1-16(2,10-23)9-20-14(17)11-7-18-15-13(11)21-12(8-19-15)22-5-3-4-6-22/h7-8,23H,3-6,9-10H2,1-2H3,(H2,17,20)(H,18,19). The molecule has 124 valence electrons. The number of anilines is 1. The molecule has 1 aliphatic rings. The number of hydrogen-bond acceptors (Lipinski definition) is 5. The molecule has 0 radical (unpaired) electrons. The summed E-state index contributed by atoms with van der Waals surface area (Å²) >= 11 is 0. The summed E-state index contributed by atoms with van der Waals surface area (Å²) in [5, 5.41) is 9.32. The Morgan fingerprint density at radius 2 is 2.17 bits per heavy atom. The highest BCUT2D eigenvalue weighted by Crippen LogP contribution is 2.22. The first kappa shape index (κ1) is 15.7. The van der Waals surface area contributed by atoms with Crippen molar-refractivity contribution < 1.29 is 5.11 Å². The van der Waals surface area contributed by atoms with Crippen molar-refractivity contribution in [1.29, 1.82) is 0 Å². The van der Waals surface area contributed by atoms with Gasteiger partial charge < -0.3 is 20.7 Å². The molecule has 0 aromatic carbocycles. The monoisotopic (exact) mass is 316 g/mol. The van der Waals surface area contributed by atoms with Crippen LogP contribution >= 0.6 is 0 Å². The van der Waals surface area contributed by atoms with E-state index in [4.69, 9.17) is 10.7 Å². The van der Waals surface area contributed by atoms with E-state index < -0.39 is 0 Å². The Balaban J connectivity index is 1.91. The summed E-state index contributed by atoms with van der Waals surface area (Å²) in [7, 11) is 0. The number of nitrogens with one attached hydrogen (secondary N) is 1. The van der Waals surface area contributed by atoms with E-state index in [0.29, 0.717) is 18.0 Å². The quantitative estimate of drug-likeness (QED) is 0.569. The van der Waals surface area contributed by atoms with E-state index in [1.807, 2.05) is 13.8 Å². The average molecular weight is 316 g/mol. The number of nitrogens with zero attached hydrogens (tertiary/aromatic N) is 4. The highest BCUT2D eigenvalue weighted by atomic mass is 16.3. The van der Waals surface area contributed by atoms with Gasteiger partial charge in [-0.25, -0.2) is 9.97 Å². The zero-order valence-corrected chi connectivity index (χ0v) is 13.7. The predicted octanol–water partition coefficient (Wildman–Crippen LogP) is 1.28. The largest absolute Gasteiger partial charge is 0.396 e. The Bertz CT molecular complexity index is 714. The maximum absolute atomic E-state index is 9.32. The third-order valence-electron chi connectivity index (χ3n) is 4.18. The first-order valence-corrected chi connectivity index (χ1v) is 8.00. The van der Waals surface area contributed by atoms with Crippen LogP contribution < -0.4 is 10.6 Å². The Labute approximate surface area is 135 Å². The third-order valence-corrected chi connectivity index (χ3v) is 4.18. The first-order valence-electron chi connectivity index (χ1n) is 8.00. The lowest BCUT2D eigenvalue weighted by molar-refractivity contribution is 0.167. The molecule has 2 aromatic rings. The lowest BCUT2D eigenvalue weighted by Gasteiger charge is -2.18. The van der Waals surface area contributed by atoms with Gasteiger partial charge in [-0.3, -0.25) is 4.99 Å². The molecule has 2 aromatic heterocycles. The Morgan fingerprint density at radius 1 is 1.43 bits per heavy atom. The van der Waals surface area contributed by atoms with Crippen LogP contribution in [0.3, 0.4) is 0 Å². The molecule has 1 aliphatic heterocycles. The van der Waals surface area contributed by atoms with Gasteiger partial charge in [-0.1, -0.05) is 13.8 Å². The number of aliphatic hydroxyl groups is 1. The number of aliphatic hydroxyl groups excluding tert-OH is 1. The summed E-state index contributed by atoms with van der Waals surface area (Å²) in [4.78, 5) is 18.9. The fraction of sp³-hybridized carbons (Fsp3) is 0.562. The molecule has 0 saturated carbocycles. The molecule has 23 heavy (non-hydrogen) atoms. The number of aromatic nitrogens is 3. The van der Waals surface area contributed by atoms with Crippen LogP contribution in [0.5, 0.6) is 0 Å². The molecule has 3 rings (SSSR count). The van der Waals surface area contributed by atoms with E-state index >= 15 is 0 Å². The second-order valence-electron chi connectivity index (χ2n) is 6.85. The molecule has 0 unspecified atom stereocenters. The average Bonchev–Trinajstić information content (AvgIpc) is 3.21. The lowest BCUT2D eigenvalue weighted by atomic mass is 9.95. The van der Waals surface area contributed by atoms with Crippen molar-refractivity contribution in [3.05, 3.63) is 18.0 Å². The normalized spacial score (nSPS) is 16.5. The van der Waals surface area contributed by atoms with Crippen LogP contribution in [0.15, 0.2) is 17.4 Å².